The molecule has 28 heavy (non-hydrogen) atoms. The quantitative estimate of drug-likeness (QED) is 0.360. The molecule has 0 atom stereocenters. The first-order valence-corrected chi connectivity index (χ1v) is 8.31. The van der Waals surface area contributed by atoms with Crippen LogP contribution in [0.1, 0.15) is 11.1 Å². The van der Waals surface area contributed by atoms with E-state index in [9.17, 15) is 23.2 Å². The Morgan fingerprint density at radius 3 is 2.61 bits per heavy atom. The number of carbonyl (C=O) groups excluding carboxylic acids is 1. The summed E-state index contributed by atoms with van der Waals surface area (Å²) in [5.74, 6) is -0.856. The van der Waals surface area contributed by atoms with Gasteiger partial charge in [0.05, 0.1) is 11.1 Å². The molecule has 3 aromatic rings. The number of nitriles is 1. The van der Waals surface area contributed by atoms with E-state index >= 15 is 0 Å². The minimum atomic E-state index is -4.54. The number of carbonyl (C=O) groups is 1. The standard InChI is InChI=1S/C20H11ClF3N3O/c21-18-13(8-12-4-1-2-7-17(12)27-18)9-14(11-25)19(28)26-16-6-3-5-15(10-16)20(22,23)24/h1-10H,(H,26,28). The van der Waals surface area contributed by atoms with Gasteiger partial charge in [-0.15, -0.1) is 0 Å². The van der Waals surface area contributed by atoms with Crippen LogP contribution in [0.15, 0.2) is 60.2 Å². The van der Waals surface area contributed by atoms with Gasteiger partial charge in [-0.3, -0.25) is 4.79 Å². The average molecular weight is 402 g/mol. The molecule has 0 aliphatic rings. The van der Waals surface area contributed by atoms with Crippen molar-refractivity contribution < 1.29 is 18.0 Å². The number of rotatable bonds is 3. The molecule has 8 heteroatoms. The number of nitrogens with one attached hydrogen (secondary N) is 1. The highest BCUT2D eigenvalue weighted by molar-refractivity contribution is 6.31. The van der Waals surface area contributed by atoms with Crippen LogP contribution in [0.2, 0.25) is 5.15 Å². The van der Waals surface area contributed by atoms with Gasteiger partial charge in [0.25, 0.3) is 5.91 Å². The van der Waals surface area contributed by atoms with Crippen molar-refractivity contribution in [3.05, 3.63) is 76.5 Å². The summed E-state index contributed by atoms with van der Waals surface area (Å²) in [6.45, 7) is 0. The van der Waals surface area contributed by atoms with E-state index in [4.69, 9.17) is 11.6 Å². The maximum Gasteiger partial charge on any atom is 0.416 e. The summed E-state index contributed by atoms with van der Waals surface area (Å²) in [4.78, 5) is 16.5. The first-order chi connectivity index (χ1) is 13.3. The summed E-state index contributed by atoms with van der Waals surface area (Å²) in [6, 6.07) is 14.7. The summed E-state index contributed by atoms with van der Waals surface area (Å²) >= 11 is 6.12. The van der Waals surface area contributed by atoms with Crippen molar-refractivity contribution in [2.24, 2.45) is 0 Å². The van der Waals surface area contributed by atoms with Gasteiger partial charge in [-0.1, -0.05) is 35.9 Å². The molecule has 2 aromatic carbocycles. The fourth-order valence-electron chi connectivity index (χ4n) is 2.49. The van der Waals surface area contributed by atoms with Gasteiger partial charge >= 0.3 is 6.18 Å². The molecular weight excluding hydrogens is 391 g/mol. The van der Waals surface area contributed by atoms with E-state index in [1.165, 1.54) is 12.1 Å². The second kappa shape index (κ2) is 7.71. The van der Waals surface area contributed by atoms with Gasteiger partial charge in [0.2, 0.25) is 0 Å². The zero-order valence-electron chi connectivity index (χ0n) is 14.1. The van der Waals surface area contributed by atoms with Gasteiger partial charge in [-0.2, -0.15) is 18.4 Å². The molecule has 0 fully saturated rings. The van der Waals surface area contributed by atoms with E-state index in [0.717, 1.165) is 23.6 Å². The molecule has 0 radical (unpaired) electrons. The number of benzene rings is 2. The Hall–Kier alpha value is -3.37. The molecule has 0 aliphatic carbocycles. The number of alkyl halides is 3. The number of hydrogen-bond acceptors (Lipinski definition) is 3. The van der Waals surface area contributed by atoms with Crippen molar-refractivity contribution in [3.63, 3.8) is 0 Å². The van der Waals surface area contributed by atoms with Crippen LogP contribution >= 0.6 is 11.6 Å². The van der Waals surface area contributed by atoms with Crippen molar-refractivity contribution in [2.75, 3.05) is 5.32 Å². The van der Waals surface area contributed by atoms with E-state index < -0.39 is 17.6 Å². The number of aromatic nitrogens is 1. The number of fused-ring (bicyclic) bond motifs is 1. The zero-order valence-corrected chi connectivity index (χ0v) is 14.8. The highest BCUT2D eigenvalue weighted by Crippen LogP contribution is 2.31. The molecule has 1 amide bonds. The fraction of sp³-hybridized carbons (Fsp3) is 0.0500. The Labute approximate surface area is 162 Å². The Morgan fingerprint density at radius 1 is 1.14 bits per heavy atom. The monoisotopic (exact) mass is 401 g/mol. The second-order valence-corrected chi connectivity index (χ2v) is 6.12. The van der Waals surface area contributed by atoms with Gasteiger partial charge in [0, 0.05) is 16.6 Å². The average Bonchev–Trinajstić information content (AvgIpc) is 2.65. The lowest BCUT2D eigenvalue weighted by Crippen LogP contribution is -2.14. The molecule has 4 nitrogen and oxygen atoms in total. The van der Waals surface area contributed by atoms with Crippen LogP contribution in [0.5, 0.6) is 0 Å². The number of hydrogen-bond donors (Lipinski definition) is 1. The van der Waals surface area contributed by atoms with Crippen LogP contribution in [0.25, 0.3) is 17.0 Å². The Bertz CT molecular complexity index is 1130. The van der Waals surface area contributed by atoms with E-state index in [2.05, 4.69) is 10.3 Å². The summed E-state index contributed by atoms with van der Waals surface area (Å²) < 4.78 is 38.4. The van der Waals surface area contributed by atoms with Crippen molar-refractivity contribution in [2.45, 2.75) is 6.18 Å². The highest BCUT2D eigenvalue weighted by atomic mass is 35.5. The molecule has 1 heterocycles. The lowest BCUT2D eigenvalue weighted by molar-refractivity contribution is -0.137. The summed E-state index contributed by atoms with van der Waals surface area (Å²) in [7, 11) is 0. The molecule has 0 saturated carbocycles. The summed E-state index contributed by atoms with van der Waals surface area (Å²) in [5, 5.41) is 12.4. The van der Waals surface area contributed by atoms with E-state index in [0.29, 0.717) is 11.1 Å². The number of pyridine rings is 1. The van der Waals surface area contributed by atoms with Crippen molar-refractivity contribution in [3.8, 4) is 6.07 Å². The molecular formula is C20H11ClF3N3O. The van der Waals surface area contributed by atoms with E-state index in [1.807, 2.05) is 0 Å². The zero-order chi connectivity index (χ0) is 20.3. The molecule has 0 aliphatic heterocycles. The number of para-hydroxylation sites is 1. The highest BCUT2D eigenvalue weighted by Gasteiger charge is 2.30. The predicted molar refractivity (Wildman–Crippen MR) is 100 cm³/mol. The maximum atomic E-state index is 12.8. The van der Waals surface area contributed by atoms with Crippen LogP contribution in [-0.2, 0) is 11.0 Å². The van der Waals surface area contributed by atoms with Gasteiger partial charge in [0.1, 0.15) is 16.8 Å². The van der Waals surface area contributed by atoms with E-state index in [-0.39, 0.29) is 16.4 Å². The number of halogens is 4. The van der Waals surface area contributed by atoms with Gasteiger partial charge in [-0.25, -0.2) is 4.98 Å². The molecule has 3 rings (SSSR count). The molecule has 1 aromatic heterocycles. The Balaban J connectivity index is 1.90. The minimum absolute atomic E-state index is 0.0799. The first kappa shape index (κ1) is 19.4. The topological polar surface area (TPSA) is 65.8 Å². The van der Waals surface area contributed by atoms with Crippen LogP contribution in [0.3, 0.4) is 0 Å². The van der Waals surface area contributed by atoms with Crippen molar-refractivity contribution in [1.29, 1.82) is 5.26 Å². The summed E-state index contributed by atoms with van der Waals surface area (Å²) in [6.07, 6.45) is -3.30. The number of nitrogens with zero attached hydrogens (tertiary/aromatic N) is 2. The third-order valence-corrected chi connectivity index (χ3v) is 4.12. The SMILES string of the molecule is N#CC(=Cc1cc2ccccc2nc1Cl)C(=O)Nc1cccc(C(F)(F)F)c1. The number of amides is 1. The fourth-order valence-corrected chi connectivity index (χ4v) is 2.69. The van der Waals surface area contributed by atoms with Crippen molar-refractivity contribution in [1.82, 2.24) is 4.98 Å². The van der Waals surface area contributed by atoms with Gasteiger partial charge in [0.15, 0.2) is 0 Å². The van der Waals surface area contributed by atoms with Crippen LogP contribution < -0.4 is 5.32 Å². The molecule has 1 N–H and O–H groups in total. The smallest absolute Gasteiger partial charge is 0.321 e. The lowest BCUT2D eigenvalue weighted by atomic mass is 10.1. The molecule has 0 bridgehead atoms. The third-order valence-electron chi connectivity index (χ3n) is 3.82. The summed E-state index contributed by atoms with van der Waals surface area (Å²) in [5.41, 5.74) is -0.317. The van der Waals surface area contributed by atoms with Gasteiger partial charge < -0.3 is 5.32 Å². The molecule has 0 saturated heterocycles. The van der Waals surface area contributed by atoms with Crippen LogP contribution in [0, 0.1) is 11.3 Å². The maximum absolute atomic E-state index is 12.8. The molecule has 0 spiro atoms. The minimum Gasteiger partial charge on any atom is -0.321 e. The lowest BCUT2D eigenvalue weighted by Gasteiger charge is -2.09. The number of anilines is 1. The van der Waals surface area contributed by atoms with Gasteiger partial charge in [-0.05, 0) is 36.4 Å². The Kier molecular flexibility index (Phi) is 5.34. The first-order valence-electron chi connectivity index (χ1n) is 7.93. The molecule has 140 valence electrons. The van der Waals surface area contributed by atoms with Crippen LogP contribution in [-0.4, -0.2) is 10.9 Å². The second-order valence-electron chi connectivity index (χ2n) is 5.76. The Morgan fingerprint density at radius 2 is 1.89 bits per heavy atom. The van der Waals surface area contributed by atoms with Crippen LogP contribution in [0.4, 0.5) is 18.9 Å². The largest absolute Gasteiger partial charge is 0.416 e. The molecule has 0 unspecified atom stereocenters. The predicted octanol–water partition coefficient (Wildman–Crippen LogP) is 5.45. The normalized spacial score (nSPS) is 11.9. The van der Waals surface area contributed by atoms with Crippen molar-refractivity contribution >= 4 is 40.2 Å². The third kappa shape index (κ3) is 4.30. The van der Waals surface area contributed by atoms with E-state index in [1.54, 1.807) is 36.4 Å².